The number of hydrogen-bond acceptors (Lipinski definition) is 5. The van der Waals surface area contributed by atoms with Gasteiger partial charge in [-0.2, -0.15) is 0 Å². The Hall–Kier alpha value is -1.86. The molecule has 0 radical (unpaired) electrons. The van der Waals surface area contributed by atoms with Gasteiger partial charge in [0.05, 0.1) is 23.2 Å². The van der Waals surface area contributed by atoms with Crippen LogP contribution in [-0.4, -0.2) is 19.7 Å². The molecule has 124 valence electrons. The van der Waals surface area contributed by atoms with Gasteiger partial charge in [-0.1, -0.05) is 5.16 Å². The van der Waals surface area contributed by atoms with Gasteiger partial charge in [-0.25, -0.2) is 13.1 Å². The summed E-state index contributed by atoms with van der Waals surface area (Å²) in [6.07, 6.45) is 4.79. The lowest BCUT2D eigenvalue weighted by atomic mass is 10.3. The van der Waals surface area contributed by atoms with E-state index in [1.165, 1.54) is 12.8 Å². The van der Waals surface area contributed by atoms with Crippen LogP contribution in [0.2, 0.25) is 0 Å². The molecule has 6 nitrogen and oxygen atoms in total. The average molecular weight is 336 g/mol. The summed E-state index contributed by atoms with van der Waals surface area (Å²) in [6.45, 7) is 1.86. The molecule has 0 amide bonds. The summed E-state index contributed by atoms with van der Waals surface area (Å²) in [6, 6.07) is 8.21. The molecule has 0 unspecified atom stereocenters. The fourth-order valence-corrected chi connectivity index (χ4v) is 3.65. The summed E-state index contributed by atoms with van der Waals surface area (Å²) in [5.41, 5.74) is 0.548. The molecule has 23 heavy (non-hydrogen) atoms. The molecule has 0 spiro atoms. The van der Waals surface area contributed by atoms with Gasteiger partial charge in [-0.15, -0.1) is 0 Å². The molecule has 0 bridgehead atoms. The SMILES string of the molecule is Cc1cc(CNS(=O)(=O)c2ccc(OC3CCCC3)cc2)no1. The molecule has 2 aromatic rings. The Kier molecular flexibility index (Phi) is 4.68. The summed E-state index contributed by atoms with van der Waals surface area (Å²) in [4.78, 5) is 0.205. The lowest BCUT2D eigenvalue weighted by molar-refractivity contribution is 0.210. The second-order valence-corrected chi connectivity index (χ2v) is 7.52. The van der Waals surface area contributed by atoms with Crippen molar-refractivity contribution in [1.82, 2.24) is 9.88 Å². The third kappa shape index (κ3) is 4.11. The molecule has 3 rings (SSSR count). The van der Waals surface area contributed by atoms with Crippen molar-refractivity contribution in [2.45, 2.75) is 50.2 Å². The summed E-state index contributed by atoms with van der Waals surface area (Å²) >= 11 is 0. The molecule has 1 saturated carbocycles. The molecule has 1 N–H and O–H groups in total. The Morgan fingerprint density at radius 1 is 1.26 bits per heavy atom. The lowest BCUT2D eigenvalue weighted by Gasteiger charge is -2.13. The molecule has 1 fully saturated rings. The predicted molar refractivity (Wildman–Crippen MR) is 84.6 cm³/mol. The highest BCUT2D eigenvalue weighted by molar-refractivity contribution is 7.89. The number of rotatable bonds is 6. The van der Waals surface area contributed by atoms with Crippen LogP contribution in [0.3, 0.4) is 0 Å². The second-order valence-electron chi connectivity index (χ2n) is 5.75. The monoisotopic (exact) mass is 336 g/mol. The van der Waals surface area contributed by atoms with E-state index in [1.54, 1.807) is 37.3 Å². The Bertz CT molecular complexity index is 747. The maximum atomic E-state index is 12.3. The minimum Gasteiger partial charge on any atom is -0.490 e. The smallest absolute Gasteiger partial charge is 0.240 e. The number of sulfonamides is 1. The molecule has 0 atom stereocenters. The topological polar surface area (TPSA) is 81.4 Å². The molecule has 0 aliphatic heterocycles. The van der Waals surface area contributed by atoms with E-state index in [4.69, 9.17) is 9.26 Å². The lowest BCUT2D eigenvalue weighted by Crippen LogP contribution is -2.23. The van der Waals surface area contributed by atoms with Gasteiger partial charge in [-0.3, -0.25) is 0 Å². The van der Waals surface area contributed by atoms with Gasteiger partial charge < -0.3 is 9.26 Å². The van der Waals surface area contributed by atoms with Gasteiger partial charge in [-0.05, 0) is 56.9 Å². The Morgan fingerprint density at radius 3 is 2.57 bits per heavy atom. The molecular formula is C16H20N2O4S. The van der Waals surface area contributed by atoms with Crippen molar-refractivity contribution < 1.29 is 17.7 Å². The molecule has 1 heterocycles. The zero-order chi connectivity index (χ0) is 16.3. The first-order valence-electron chi connectivity index (χ1n) is 7.71. The van der Waals surface area contributed by atoms with Crippen molar-refractivity contribution in [2.24, 2.45) is 0 Å². The minimum atomic E-state index is -3.58. The number of ether oxygens (including phenoxy) is 1. The van der Waals surface area contributed by atoms with Crippen LogP contribution in [0.25, 0.3) is 0 Å². The Labute approximate surface area is 135 Å². The van der Waals surface area contributed by atoms with Gasteiger partial charge in [0.2, 0.25) is 10.0 Å². The number of aryl methyl sites for hydroxylation is 1. The quantitative estimate of drug-likeness (QED) is 0.877. The van der Waals surface area contributed by atoms with Crippen LogP contribution in [-0.2, 0) is 16.6 Å². The van der Waals surface area contributed by atoms with Gasteiger partial charge in [0, 0.05) is 6.07 Å². The van der Waals surface area contributed by atoms with E-state index in [1.807, 2.05) is 0 Å². The molecule has 7 heteroatoms. The first kappa shape index (κ1) is 16.0. The molecule has 1 aliphatic carbocycles. The summed E-state index contributed by atoms with van der Waals surface area (Å²) in [5.74, 6) is 1.36. The van der Waals surface area contributed by atoms with Crippen molar-refractivity contribution in [3.05, 3.63) is 41.8 Å². The number of nitrogens with zero attached hydrogens (tertiary/aromatic N) is 1. The van der Waals surface area contributed by atoms with Gasteiger partial charge in [0.25, 0.3) is 0 Å². The van der Waals surface area contributed by atoms with Crippen LogP contribution in [0.5, 0.6) is 5.75 Å². The van der Waals surface area contributed by atoms with E-state index in [0.717, 1.165) is 12.8 Å². The van der Waals surface area contributed by atoms with Crippen LogP contribution in [0.4, 0.5) is 0 Å². The zero-order valence-electron chi connectivity index (χ0n) is 13.0. The largest absolute Gasteiger partial charge is 0.490 e. The normalized spacial score (nSPS) is 15.9. The third-order valence-corrected chi connectivity index (χ3v) is 5.28. The maximum Gasteiger partial charge on any atom is 0.240 e. The fraction of sp³-hybridized carbons (Fsp3) is 0.438. The predicted octanol–water partition coefficient (Wildman–Crippen LogP) is 2.78. The summed E-state index contributed by atoms with van der Waals surface area (Å²) < 4.78 is 37.8. The molecular weight excluding hydrogens is 316 g/mol. The highest BCUT2D eigenvalue weighted by Crippen LogP contribution is 2.24. The highest BCUT2D eigenvalue weighted by atomic mass is 32.2. The van der Waals surface area contributed by atoms with Gasteiger partial charge >= 0.3 is 0 Å². The standard InChI is InChI=1S/C16H20N2O4S/c1-12-10-13(18-22-12)11-17-23(19,20)16-8-6-15(7-9-16)21-14-4-2-3-5-14/h6-10,14,17H,2-5,11H2,1H3. The molecule has 1 aromatic carbocycles. The number of benzene rings is 1. The third-order valence-electron chi connectivity index (χ3n) is 3.86. The van der Waals surface area contributed by atoms with Crippen molar-refractivity contribution in [1.29, 1.82) is 0 Å². The highest BCUT2D eigenvalue weighted by Gasteiger charge is 2.18. The molecule has 1 aromatic heterocycles. The van der Waals surface area contributed by atoms with E-state index in [-0.39, 0.29) is 17.5 Å². The second kappa shape index (κ2) is 6.72. The van der Waals surface area contributed by atoms with E-state index < -0.39 is 10.0 Å². The fourth-order valence-electron chi connectivity index (χ4n) is 2.65. The van der Waals surface area contributed by atoms with E-state index in [2.05, 4.69) is 9.88 Å². The van der Waals surface area contributed by atoms with Gasteiger partial charge in [0.1, 0.15) is 11.5 Å². The molecule has 0 saturated heterocycles. The zero-order valence-corrected chi connectivity index (χ0v) is 13.8. The van der Waals surface area contributed by atoms with Crippen molar-refractivity contribution in [2.75, 3.05) is 0 Å². The van der Waals surface area contributed by atoms with E-state index in [0.29, 0.717) is 17.2 Å². The van der Waals surface area contributed by atoms with Gasteiger partial charge in [0.15, 0.2) is 0 Å². The maximum absolute atomic E-state index is 12.3. The Morgan fingerprint density at radius 2 is 1.96 bits per heavy atom. The van der Waals surface area contributed by atoms with Crippen LogP contribution < -0.4 is 9.46 Å². The van der Waals surface area contributed by atoms with Crippen LogP contribution in [0.1, 0.15) is 37.1 Å². The minimum absolute atomic E-state index is 0.0972. The molecule has 1 aliphatic rings. The summed E-state index contributed by atoms with van der Waals surface area (Å²) in [7, 11) is -3.58. The van der Waals surface area contributed by atoms with Crippen molar-refractivity contribution in [3.63, 3.8) is 0 Å². The first-order chi connectivity index (χ1) is 11.0. The van der Waals surface area contributed by atoms with Crippen molar-refractivity contribution >= 4 is 10.0 Å². The van der Waals surface area contributed by atoms with Crippen molar-refractivity contribution in [3.8, 4) is 5.75 Å². The number of aromatic nitrogens is 1. The van der Waals surface area contributed by atoms with Crippen LogP contribution >= 0.6 is 0 Å². The Balaban J connectivity index is 1.62. The van der Waals surface area contributed by atoms with Crippen LogP contribution in [0, 0.1) is 6.92 Å². The average Bonchev–Trinajstić information content (AvgIpc) is 3.18. The number of hydrogen-bond donors (Lipinski definition) is 1. The first-order valence-corrected chi connectivity index (χ1v) is 9.20. The summed E-state index contributed by atoms with van der Waals surface area (Å²) in [5, 5.41) is 3.76. The number of nitrogens with one attached hydrogen (secondary N) is 1. The van der Waals surface area contributed by atoms with Crippen LogP contribution in [0.15, 0.2) is 39.8 Å². The van der Waals surface area contributed by atoms with E-state index >= 15 is 0 Å². The van der Waals surface area contributed by atoms with E-state index in [9.17, 15) is 8.42 Å².